The van der Waals surface area contributed by atoms with Crippen molar-refractivity contribution in [3.05, 3.63) is 52.3 Å². The summed E-state index contributed by atoms with van der Waals surface area (Å²) in [7, 11) is 0. The minimum absolute atomic E-state index is 0.185. The van der Waals surface area contributed by atoms with Crippen LogP contribution in [0.25, 0.3) is 11.0 Å². The van der Waals surface area contributed by atoms with E-state index in [0.29, 0.717) is 27.5 Å². The molecule has 25 heavy (non-hydrogen) atoms. The highest BCUT2D eigenvalue weighted by atomic mass is 35.5. The van der Waals surface area contributed by atoms with Gasteiger partial charge in [0.15, 0.2) is 5.65 Å². The Morgan fingerprint density at radius 3 is 2.76 bits per heavy atom. The maximum absolute atomic E-state index is 12.6. The molecule has 1 N–H and O–H groups in total. The molecule has 3 aromatic rings. The van der Waals surface area contributed by atoms with Crippen LogP contribution in [0.1, 0.15) is 41.5 Å². The zero-order valence-corrected chi connectivity index (χ0v) is 14.8. The second kappa shape index (κ2) is 6.54. The lowest BCUT2D eigenvalue weighted by Crippen LogP contribution is -2.14. The van der Waals surface area contributed by atoms with Crippen molar-refractivity contribution < 1.29 is 4.79 Å². The molecular formula is C18H16ClN5O. The van der Waals surface area contributed by atoms with Crippen LogP contribution < -0.4 is 5.32 Å². The van der Waals surface area contributed by atoms with Crippen molar-refractivity contribution in [3.63, 3.8) is 0 Å². The molecule has 2 heterocycles. The molecule has 0 radical (unpaired) electrons. The fourth-order valence-corrected chi connectivity index (χ4v) is 2.78. The molecule has 6 nitrogen and oxygen atoms in total. The van der Waals surface area contributed by atoms with Crippen molar-refractivity contribution in [1.82, 2.24) is 14.8 Å². The van der Waals surface area contributed by atoms with Crippen LogP contribution in [-0.4, -0.2) is 20.7 Å². The summed E-state index contributed by atoms with van der Waals surface area (Å²) in [5.74, 6) is -0.287. The summed E-state index contributed by atoms with van der Waals surface area (Å²) in [6.45, 7) is 5.84. The van der Waals surface area contributed by atoms with Gasteiger partial charge in [-0.1, -0.05) is 11.6 Å². The van der Waals surface area contributed by atoms with E-state index < -0.39 is 0 Å². The average molecular weight is 354 g/mol. The number of aromatic nitrogens is 3. The Morgan fingerprint density at radius 1 is 1.36 bits per heavy atom. The summed E-state index contributed by atoms with van der Waals surface area (Å²) in [6.07, 6.45) is 1.71. The number of nitrogens with one attached hydrogen (secondary N) is 1. The first-order valence-electron chi connectivity index (χ1n) is 7.76. The van der Waals surface area contributed by atoms with Gasteiger partial charge in [0, 0.05) is 17.1 Å². The third-order valence-electron chi connectivity index (χ3n) is 3.84. The summed E-state index contributed by atoms with van der Waals surface area (Å²) >= 11 is 6.00. The van der Waals surface area contributed by atoms with E-state index in [-0.39, 0.29) is 11.9 Å². The Labute approximate surface area is 150 Å². The maximum Gasteiger partial charge on any atom is 0.257 e. The number of hydrogen-bond donors (Lipinski definition) is 1. The molecule has 0 spiro atoms. The number of rotatable bonds is 3. The monoisotopic (exact) mass is 353 g/mol. The van der Waals surface area contributed by atoms with Crippen LogP contribution in [0.5, 0.6) is 0 Å². The first kappa shape index (κ1) is 16.9. The molecule has 0 fully saturated rings. The predicted octanol–water partition coefficient (Wildman–Crippen LogP) is 4.10. The number of fused-ring (bicyclic) bond motifs is 1. The zero-order chi connectivity index (χ0) is 18.1. The number of nitrogens with zero attached hydrogens (tertiary/aromatic N) is 4. The van der Waals surface area contributed by atoms with Crippen molar-refractivity contribution >= 4 is 34.2 Å². The molecule has 7 heteroatoms. The van der Waals surface area contributed by atoms with Crippen molar-refractivity contribution in [2.75, 3.05) is 5.32 Å². The van der Waals surface area contributed by atoms with Gasteiger partial charge in [0.05, 0.1) is 28.0 Å². The summed E-state index contributed by atoms with van der Waals surface area (Å²) in [6, 6.07) is 8.71. The Kier molecular flexibility index (Phi) is 4.43. The quantitative estimate of drug-likeness (QED) is 0.768. The van der Waals surface area contributed by atoms with E-state index in [0.717, 1.165) is 11.0 Å². The van der Waals surface area contributed by atoms with E-state index in [9.17, 15) is 4.79 Å². The van der Waals surface area contributed by atoms with Crippen molar-refractivity contribution in [3.8, 4) is 6.07 Å². The van der Waals surface area contributed by atoms with Gasteiger partial charge >= 0.3 is 0 Å². The van der Waals surface area contributed by atoms with Crippen LogP contribution in [0.4, 0.5) is 5.69 Å². The number of carbonyl (C=O) groups excluding carboxylic acids is 1. The van der Waals surface area contributed by atoms with Gasteiger partial charge in [0.1, 0.15) is 6.07 Å². The summed E-state index contributed by atoms with van der Waals surface area (Å²) < 4.78 is 1.82. The number of hydrogen-bond acceptors (Lipinski definition) is 4. The fourth-order valence-electron chi connectivity index (χ4n) is 2.56. The fraction of sp³-hybridized carbons (Fsp3) is 0.222. The van der Waals surface area contributed by atoms with Gasteiger partial charge in [0.25, 0.3) is 5.91 Å². The zero-order valence-electron chi connectivity index (χ0n) is 14.0. The minimum atomic E-state index is -0.287. The molecule has 0 aliphatic rings. The Morgan fingerprint density at radius 2 is 2.12 bits per heavy atom. The SMILES string of the molecule is Cc1nc2c(cnn2C(C)C)cc1C(=O)Nc1ccc(C#N)c(Cl)c1. The normalized spacial score (nSPS) is 10.9. The Hall–Kier alpha value is -2.91. The molecule has 2 aromatic heterocycles. The van der Waals surface area contributed by atoms with E-state index in [1.54, 1.807) is 37.4 Å². The number of carbonyl (C=O) groups is 1. The van der Waals surface area contributed by atoms with Gasteiger partial charge in [-0.15, -0.1) is 0 Å². The molecule has 0 aliphatic heterocycles. The highest BCUT2D eigenvalue weighted by Gasteiger charge is 2.16. The molecule has 3 rings (SSSR count). The van der Waals surface area contributed by atoms with Gasteiger partial charge in [-0.25, -0.2) is 9.67 Å². The number of nitriles is 1. The van der Waals surface area contributed by atoms with Crippen LogP contribution in [0.2, 0.25) is 5.02 Å². The van der Waals surface area contributed by atoms with E-state index in [4.69, 9.17) is 16.9 Å². The molecule has 126 valence electrons. The third kappa shape index (κ3) is 3.19. The van der Waals surface area contributed by atoms with Gasteiger partial charge in [0.2, 0.25) is 0 Å². The number of aryl methyl sites for hydroxylation is 1. The first-order chi connectivity index (χ1) is 11.9. The highest BCUT2D eigenvalue weighted by molar-refractivity contribution is 6.32. The second-order valence-corrected chi connectivity index (χ2v) is 6.38. The molecular weight excluding hydrogens is 338 g/mol. The molecule has 0 aliphatic carbocycles. The molecule has 0 saturated carbocycles. The molecule has 0 atom stereocenters. The number of pyridine rings is 1. The van der Waals surface area contributed by atoms with Crippen molar-refractivity contribution in [1.29, 1.82) is 5.26 Å². The van der Waals surface area contributed by atoms with Gasteiger partial charge in [-0.05, 0) is 45.0 Å². The van der Waals surface area contributed by atoms with Gasteiger partial charge in [-0.3, -0.25) is 4.79 Å². The average Bonchev–Trinajstić information content (AvgIpc) is 2.97. The topological polar surface area (TPSA) is 83.6 Å². The number of benzene rings is 1. The van der Waals surface area contributed by atoms with Gasteiger partial charge < -0.3 is 5.32 Å². The van der Waals surface area contributed by atoms with Crippen molar-refractivity contribution in [2.24, 2.45) is 0 Å². The predicted molar refractivity (Wildman–Crippen MR) is 96.8 cm³/mol. The molecule has 1 aromatic carbocycles. The second-order valence-electron chi connectivity index (χ2n) is 5.98. The first-order valence-corrected chi connectivity index (χ1v) is 8.14. The van der Waals surface area contributed by atoms with Crippen LogP contribution in [0.3, 0.4) is 0 Å². The highest BCUT2D eigenvalue weighted by Crippen LogP contribution is 2.23. The van der Waals surface area contributed by atoms with Gasteiger partial charge in [-0.2, -0.15) is 10.4 Å². The van der Waals surface area contributed by atoms with E-state index in [1.165, 1.54) is 0 Å². The third-order valence-corrected chi connectivity index (χ3v) is 4.15. The molecule has 0 unspecified atom stereocenters. The lowest BCUT2D eigenvalue weighted by molar-refractivity contribution is 0.102. The molecule has 0 bridgehead atoms. The smallest absolute Gasteiger partial charge is 0.257 e. The summed E-state index contributed by atoms with van der Waals surface area (Å²) in [5.41, 5.74) is 2.72. The Bertz CT molecular complexity index is 1020. The number of amides is 1. The number of anilines is 1. The maximum atomic E-state index is 12.6. The Balaban J connectivity index is 1.93. The van der Waals surface area contributed by atoms with Crippen molar-refractivity contribution in [2.45, 2.75) is 26.8 Å². The van der Waals surface area contributed by atoms with Crippen LogP contribution in [0, 0.1) is 18.3 Å². The largest absolute Gasteiger partial charge is 0.322 e. The van der Waals surface area contributed by atoms with E-state index >= 15 is 0 Å². The molecule has 0 saturated heterocycles. The summed E-state index contributed by atoms with van der Waals surface area (Å²) in [5, 5.41) is 17.1. The number of halogens is 1. The lowest BCUT2D eigenvalue weighted by atomic mass is 10.1. The minimum Gasteiger partial charge on any atom is -0.322 e. The van der Waals surface area contributed by atoms with Crippen LogP contribution >= 0.6 is 11.6 Å². The van der Waals surface area contributed by atoms with E-state index in [1.807, 2.05) is 24.6 Å². The summed E-state index contributed by atoms with van der Waals surface area (Å²) in [4.78, 5) is 17.1. The molecule has 1 amide bonds. The van der Waals surface area contributed by atoms with Crippen LogP contribution in [-0.2, 0) is 0 Å². The standard InChI is InChI=1S/C18H16ClN5O/c1-10(2)24-17-13(9-21-24)6-15(11(3)22-17)18(25)23-14-5-4-12(8-20)16(19)7-14/h4-7,9-10H,1-3H3,(H,23,25). The van der Waals surface area contributed by atoms with E-state index in [2.05, 4.69) is 15.4 Å². The lowest BCUT2D eigenvalue weighted by Gasteiger charge is -2.10. The van der Waals surface area contributed by atoms with Crippen LogP contribution in [0.15, 0.2) is 30.5 Å².